The molecule has 0 bridgehead atoms. The van der Waals surface area contributed by atoms with Crippen LogP contribution in [0.1, 0.15) is 12.5 Å². The van der Waals surface area contributed by atoms with Gasteiger partial charge in [-0.2, -0.15) is 5.26 Å². The van der Waals surface area contributed by atoms with Gasteiger partial charge in [0.2, 0.25) is 0 Å². The molecule has 1 saturated heterocycles. The van der Waals surface area contributed by atoms with Gasteiger partial charge in [0, 0.05) is 11.0 Å². The Kier molecular flexibility index (Phi) is 4.13. The molecule has 1 aromatic rings. The molecule has 1 aliphatic rings. The molecule has 0 radical (unpaired) electrons. The van der Waals surface area contributed by atoms with Gasteiger partial charge in [-0.3, -0.25) is 0 Å². The molecule has 1 aliphatic heterocycles. The molecule has 6 nitrogen and oxygen atoms in total. The van der Waals surface area contributed by atoms with Gasteiger partial charge in [0.25, 0.3) is 0 Å². The van der Waals surface area contributed by atoms with Gasteiger partial charge < -0.3 is 20.6 Å². The molecule has 6 heteroatoms. The van der Waals surface area contributed by atoms with E-state index in [2.05, 4.69) is 12.3 Å². The number of hydrazine groups is 1. The van der Waals surface area contributed by atoms with Crippen molar-refractivity contribution in [1.82, 2.24) is 5.43 Å². The zero-order chi connectivity index (χ0) is 14.6. The Hall–Kier alpha value is -2.23. The highest BCUT2D eigenvalue weighted by Crippen LogP contribution is 2.28. The summed E-state index contributed by atoms with van der Waals surface area (Å²) < 4.78 is 10.9. The van der Waals surface area contributed by atoms with Gasteiger partial charge in [-0.1, -0.05) is 19.1 Å². The smallest absolute Gasteiger partial charge is 0.151 e. The summed E-state index contributed by atoms with van der Waals surface area (Å²) in [6, 6.07) is 9.16. The lowest BCUT2D eigenvalue weighted by molar-refractivity contribution is -0.120. The number of hydrogen-bond donors (Lipinski definition) is 3. The van der Waals surface area contributed by atoms with Crippen molar-refractivity contribution in [2.24, 2.45) is 17.0 Å². The first-order valence-corrected chi connectivity index (χ1v) is 6.25. The summed E-state index contributed by atoms with van der Waals surface area (Å²) in [6.45, 7) is 4.12. The molecule has 106 valence electrons. The van der Waals surface area contributed by atoms with Gasteiger partial charge in [0.05, 0.1) is 25.5 Å². The summed E-state index contributed by atoms with van der Waals surface area (Å²) in [6.07, 6.45) is 0. The molecule has 0 unspecified atom stereocenters. The topological polar surface area (TPSA) is 106 Å². The highest BCUT2D eigenvalue weighted by Gasteiger charge is 2.34. The largest absolute Gasteiger partial charge is 0.493 e. The highest BCUT2D eigenvalue weighted by molar-refractivity contribution is 5.69. The van der Waals surface area contributed by atoms with Crippen molar-refractivity contribution in [3.05, 3.63) is 35.5 Å². The lowest BCUT2D eigenvalue weighted by atomic mass is 9.90. The third kappa shape index (κ3) is 3.02. The first-order valence-electron chi connectivity index (χ1n) is 6.25. The van der Waals surface area contributed by atoms with E-state index < -0.39 is 0 Å². The second kappa shape index (κ2) is 5.82. The van der Waals surface area contributed by atoms with Crippen LogP contribution < -0.4 is 21.7 Å². The van der Waals surface area contributed by atoms with Gasteiger partial charge in [0.1, 0.15) is 11.8 Å². The predicted octanol–water partition coefficient (Wildman–Crippen LogP) is 0.716. The molecule has 5 N–H and O–H groups in total. The van der Waals surface area contributed by atoms with E-state index >= 15 is 0 Å². The van der Waals surface area contributed by atoms with Gasteiger partial charge >= 0.3 is 0 Å². The SMILES string of the molecule is CC1(COc2cccc(/C(N)=C(\C#N)NN)c2)COC1. The number of nitrogens with one attached hydrogen (secondary N) is 1. The van der Waals surface area contributed by atoms with Crippen LogP contribution in [0.3, 0.4) is 0 Å². The van der Waals surface area contributed by atoms with Crippen LogP contribution in [0, 0.1) is 16.7 Å². The Bertz CT molecular complexity index is 559. The summed E-state index contributed by atoms with van der Waals surface area (Å²) in [5, 5.41) is 8.90. The average Bonchev–Trinajstić information content (AvgIpc) is 2.44. The normalized spacial score (nSPS) is 17.4. The Morgan fingerprint density at radius 3 is 2.85 bits per heavy atom. The second-order valence-corrected chi connectivity index (χ2v) is 5.16. The monoisotopic (exact) mass is 274 g/mol. The van der Waals surface area contributed by atoms with Crippen LogP contribution in [0.4, 0.5) is 0 Å². The van der Waals surface area contributed by atoms with E-state index in [4.69, 9.17) is 26.3 Å². The molecule has 1 heterocycles. The lowest BCUT2D eigenvalue weighted by Gasteiger charge is -2.37. The molecule has 0 spiro atoms. The van der Waals surface area contributed by atoms with Crippen molar-refractivity contribution in [3.8, 4) is 11.8 Å². The van der Waals surface area contributed by atoms with E-state index in [1.807, 2.05) is 18.2 Å². The van der Waals surface area contributed by atoms with Crippen molar-refractivity contribution in [2.75, 3.05) is 19.8 Å². The average molecular weight is 274 g/mol. The van der Waals surface area contributed by atoms with Crippen LogP contribution in [0.15, 0.2) is 30.0 Å². The van der Waals surface area contributed by atoms with Crippen LogP contribution >= 0.6 is 0 Å². The molecule has 1 fully saturated rings. The van der Waals surface area contributed by atoms with Crippen LogP contribution in [0.2, 0.25) is 0 Å². The lowest BCUT2D eigenvalue weighted by Crippen LogP contribution is -2.44. The maximum absolute atomic E-state index is 8.90. The summed E-state index contributed by atoms with van der Waals surface area (Å²) in [5.41, 5.74) is 9.35. The molecule has 0 amide bonds. The zero-order valence-corrected chi connectivity index (χ0v) is 11.3. The Balaban J connectivity index is 2.12. The van der Waals surface area contributed by atoms with Gasteiger partial charge in [-0.05, 0) is 12.1 Å². The number of rotatable bonds is 5. The number of ether oxygens (including phenoxy) is 2. The van der Waals surface area contributed by atoms with E-state index in [1.165, 1.54) is 0 Å². The first kappa shape index (κ1) is 14.2. The summed E-state index contributed by atoms with van der Waals surface area (Å²) in [5.74, 6) is 5.95. The fourth-order valence-corrected chi connectivity index (χ4v) is 1.86. The summed E-state index contributed by atoms with van der Waals surface area (Å²) in [7, 11) is 0. The van der Waals surface area contributed by atoms with Crippen molar-refractivity contribution < 1.29 is 9.47 Å². The van der Waals surface area contributed by atoms with Gasteiger partial charge in [-0.15, -0.1) is 0 Å². The van der Waals surface area contributed by atoms with E-state index in [0.717, 1.165) is 0 Å². The number of hydrogen-bond acceptors (Lipinski definition) is 6. The van der Waals surface area contributed by atoms with E-state index in [0.29, 0.717) is 36.8 Å². The van der Waals surface area contributed by atoms with Crippen molar-refractivity contribution in [1.29, 1.82) is 5.26 Å². The molecule has 0 saturated carbocycles. The quantitative estimate of drug-likeness (QED) is 0.415. The van der Waals surface area contributed by atoms with Crippen LogP contribution in [-0.4, -0.2) is 19.8 Å². The van der Waals surface area contributed by atoms with Crippen molar-refractivity contribution in [2.45, 2.75) is 6.92 Å². The van der Waals surface area contributed by atoms with Crippen LogP contribution in [0.25, 0.3) is 5.70 Å². The fraction of sp³-hybridized carbons (Fsp3) is 0.357. The predicted molar refractivity (Wildman–Crippen MR) is 74.9 cm³/mol. The number of nitriles is 1. The highest BCUT2D eigenvalue weighted by atomic mass is 16.5. The molecule has 0 aliphatic carbocycles. The van der Waals surface area contributed by atoms with E-state index in [1.54, 1.807) is 12.1 Å². The molecule has 1 aromatic carbocycles. The van der Waals surface area contributed by atoms with Crippen molar-refractivity contribution in [3.63, 3.8) is 0 Å². The maximum atomic E-state index is 8.90. The maximum Gasteiger partial charge on any atom is 0.151 e. The third-order valence-corrected chi connectivity index (χ3v) is 3.16. The number of benzene rings is 1. The zero-order valence-electron chi connectivity index (χ0n) is 11.3. The number of nitrogens with two attached hydrogens (primary N) is 2. The minimum absolute atomic E-state index is 0.0774. The molecular weight excluding hydrogens is 256 g/mol. The molecular formula is C14H18N4O2. The Labute approximate surface area is 117 Å². The molecule has 0 atom stereocenters. The number of allylic oxidation sites excluding steroid dienone is 1. The second-order valence-electron chi connectivity index (χ2n) is 5.16. The Morgan fingerprint density at radius 1 is 1.55 bits per heavy atom. The van der Waals surface area contributed by atoms with Crippen LogP contribution in [-0.2, 0) is 4.74 Å². The summed E-state index contributed by atoms with van der Waals surface area (Å²) in [4.78, 5) is 0. The minimum atomic E-state index is 0.0774. The first-order chi connectivity index (χ1) is 9.58. The van der Waals surface area contributed by atoms with E-state index in [-0.39, 0.29) is 11.1 Å². The third-order valence-electron chi connectivity index (χ3n) is 3.16. The van der Waals surface area contributed by atoms with Crippen molar-refractivity contribution >= 4 is 5.70 Å². The van der Waals surface area contributed by atoms with Gasteiger partial charge in [0.15, 0.2) is 5.70 Å². The number of nitrogens with zero attached hydrogens (tertiary/aromatic N) is 1. The minimum Gasteiger partial charge on any atom is -0.493 e. The molecule has 0 aromatic heterocycles. The summed E-state index contributed by atoms with van der Waals surface area (Å²) >= 11 is 0. The Morgan fingerprint density at radius 2 is 2.30 bits per heavy atom. The molecule has 20 heavy (non-hydrogen) atoms. The van der Waals surface area contributed by atoms with E-state index in [9.17, 15) is 0 Å². The fourth-order valence-electron chi connectivity index (χ4n) is 1.86. The standard InChI is InChI=1S/C14H18N4O2/c1-14(7-19-8-14)9-20-11-4-2-3-10(5-11)13(16)12(6-15)18-17/h2-5,18H,7-9,16-17H2,1H3/b13-12-. The molecule has 2 rings (SSSR count). The van der Waals surface area contributed by atoms with Gasteiger partial charge in [-0.25, -0.2) is 5.84 Å². The van der Waals surface area contributed by atoms with Crippen LogP contribution in [0.5, 0.6) is 5.75 Å².